The standard InChI is InChI=1S/C29H22Cl3NO4/c30-24-5-2-6-25(31)27(24)28-23(29(37-33-28)16-7-8-16)14-35-19-9-10-20(26(32)12-19)22-13-21(22)17-3-1-4-18(11-17)36-15-34/h1-6,9-12,15-16,21-22H,7-8,13-14H2. The van der Waals surface area contributed by atoms with Gasteiger partial charge in [0.25, 0.3) is 6.47 Å². The smallest absolute Gasteiger partial charge is 0.298 e. The molecule has 188 valence electrons. The van der Waals surface area contributed by atoms with Gasteiger partial charge in [-0.15, -0.1) is 0 Å². The van der Waals surface area contributed by atoms with Gasteiger partial charge in [-0.05, 0) is 78.6 Å². The van der Waals surface area contributed by atoms with E-state index in [2.05, 4.69) is 5.16 Å². The van der Waals surface area contributed by atoms with E-state index in [4.69, 9.17) is 48.8 Å². The second-order valence-electron chi connectivity index (χ2n) is 9.45. The lowest BCUT2D eigenvalue weighted by Crippen LogP contribution is -2.00. The summed E-state index contributed by atoms with van der Waals surface area (Å²) in [6.45, 7) is 0.704. The summed E-state index contributed by atoms with van der Waals surface area (Å²) >= 11 is 19.6. The molecule has 1 heterocycles. The molecule has 2 fully saturated rings. The Morgan fingerprint density at radius 3 is 2.43 bits per heavy atom. The van der Waals surface area contributed by atoms with Crippen molar-refractivity contribution < 1.29 is 18.8 Å². The molecule has 2 aliphatic rings. The first-order chi connectivity index (χ1) is 18.0. The van der Waals surface area contributed by atoms with Crippen molar-refractivity contribution in [3.63, 3.8) is 0 Å². The highest BCUT2D eigenvalue weighted by Crippen LogP contribution is 2.56. The molecule has 6 rings (SSSR count). The largest absolute Gasteiger partial charge is 0.489 e. The molecule has 0 amide bonds. The minimum atomic E-state index is 0.261. The molecule has 2 aliphatic carbocycles. The Hall–Kier alpha value is -2.99. The second-order valence-corrected chi connectivity index (χ2v) is 10.7. The topological polar surface area (TPSA) is 61.6 Å². The van der Waals surface area contributed by atoms with E-state index >= 15 is 0 Å². The van der Waals surface area contributed by atoms with Gasteiger partial charge in [0.15, 0.2) is 0 Å². The third-order valence-electron chi connectivity index (χ3n) is 6.98. The zero-order chi connectivity index (χ0) is 25.5. The summed E-state index contributed by atoms with van der Waals surface area (Å²) in [5.74, 6) is 3.02. The highest BCUT2D eigenvalue weighted by molar-refractivity contribution is 6.39. The van der Waals surface area contributed by atoms with Gasteiger partial charge in [-0.2, -0.15) is 0 Å². The summed E-state index contributed by atoms with van der Waals surface area (Å²) in [6, 6.07) is 18.8. The van der Waals surface area contributed by atoms with Crippen molar-refractivity contribution in [1.29, 1.82) is 0 Å². The molecular weight excluding hydrogens is 533 g/mol. The van der Waals surface area contributed by atoms with E-state index in [-0.39, 0.29) is 6.61 Å². The van der Waals surface area contributed by atoms with E-state index in [9.17, 15) is 4.79 Å². The van der Waals surface area contributed by atoms with Crippen LogP contribution in [0.4, 0.5) is 0 Å². The molecule has 0 bridgehead atoms. The number of carbonyl (C=O) groups is 1. The molecule has 0 saturated heterocycles. The fourth-order valence-corrected chi connectivity index (χ4v) is 5.77. The Balaban J connectivity index is 1.20. The normalized spacial score (nSPS) is 18.5. The lowest BCUT2D eigenvalue weighted by molar-refractivity contribution is -0.120. The van der Waals surface area contributed by atoms with Crippen LogP contribution in [-0.2, 0) is 11.4 Å². The summed E-state index contributed by atoms with van der Waals surface area (Å²) in [7, 11) is 0. The molecule has 0 aliphatic heterocycles. The third-order valence-corrected chi connectivity index (χ3v) is 7.94. The number of halogens is 3. The van der Waals surface area contributed by atoms with Crippen molar-refractivity contribution in [2.24, 2.45) is 0 Å². The number of benzene rings is 3. The van der Waals surface area contributed by atoms with Gasteiger partial charge in [0, 0.05) is 16.5 Å². The molecule has 2 unspecified atom stereocenters. The zero-order valence-corrected chi connectivity index (χ0v) is 21.9. The summed E-state index contributed by atoms with van der Waals surface area (Å²) in [5.41, 5.74) is 4.33. The number of rotatable bonds is 9. The zero-order valence-electron chi connectivity index (χ0n) is 19.6. The van der Waals surface area contributed by atoms with Crippen molar-refractivity contribution in [2.45, 2.75) is 43.6 Å². The minimum Gasteiger partial charge on any atom is -0.489 e. The number of carbonyl (C=O) groups excluding carboxylic acids is 1. The maximum absolute atomic E-state index is 10.7. The Kier molecular flexibility index (Phi) is 6.62. The predicted octanol–water partition coefficient (Wildman–Crippen LogP) is 8.56. The van der Waals surface area contributed by atoms with Crippen LogP contribution < -0.4 is 9.47 Å². The van der Waals surface area contributed by atoms with Crippen LogP contribution in [0.25, 0.3) is 11.3 Å². The van der Waals surface area contributed by atoms with Gasteiger partial charge in [0.2, 0.25) is 0 Å². The first-order valence-electron chi connectivity index (χ1n) is 12.1. The maximum atomic E-state index is 10.7. The van der Waals surface area contributed by atoms with Crippen LogP contribution in [0.5, 0.6) is 11.5 Å². The van der Waals surface area contributed by atoms with Crippen molar-refractivity contribution in [3.05, 3.63) is 98.2 Å². The molecule has 3 aromatic carbocycles. The Labute approximate surface area is 229 Å². The summed E-state index contributed by atoms with van der Waals surface area (Å²) in [5, 5.41) is 6.01. The average molecular weight is 555 g/mol. The van der Waals surface area contributed by atoms with Crippen LogP contribution in [-0.4, -0.2) is 11.6 Å². The lowest BCUT2D eigenvalue weighted by Gasteiger charge is -2.11. The molecule has 2 atom stereocenters. The van der Waals surface area contributed by atoms with Crippen LogP contribution in [0.1, 0.15) is 59.5 Å². The SMILES string of the molecule is O=COc1cccc(C2CC2c2ccc(OCc3c(-c4c(Cl)cccc4Cl)noc3C3CC3)cc2Cl)c1. The molecule has 1 aromatic heterocycles. The highest BCUT2D eigenvalue weighted by Gasteiger charge is 2.41. The van der Waals surface area contributed by atoms with Crippen LogP contribution >= 0.6 is 34.8 Å². The van der Waals surface area contributed by atoms with Crippen LogP contribution in [0, 0.1) is 0 Å². The number of ether oxygens (including phenoxy) is 2. The van der Waals surface area contributed by atoms with Crippen molar-refractivity contribution in [3.8, 4) is 22.8 Å². The van der Waals surface area contributed by atoms with Gasteiger partial charge in [0.1, 0.15) is 29.6 Å². The first kappa shape index (κ1) is 24.4. The molecule has 0 radical (unpaired) electrons. The van der Waals surface area contributed by atoms with Crippen molar-refractivity contribution >= 4 is 41.3 Å². The molecule has 0 spiro atoms. The van der Waals surface area contributed by atoms with Gasteiger partial charge in [-0.1, -0.05) is 64.2 Å². The number of hydrogen-bond donors (Lipinski definition) is 0. The van der Waals surface area contributed by atoms with Gasteiger partial charge in [-0.3, -0.25) is 4.79 Å². The van der Waals surface area contributed by atoms with Crippen LogP contribution in [0.15, 0.2) is 65.2 Å². The number of nitrogens with zero attached hydrogens (tertiary/aromatic N) is 1. The van der Waals surface area contributed by atoms with E-state index in [0.29, 0.717) is 62.1 Å². The number of hydrogen-bond acceptors (Lipinski definition) is 5. The fraction of sp³-hybridized carbons (Fsp3) is 0.241. The lowest BCUT2D eigenvalue weighted by atomic mass is 10.0. The van der Waals surface area contributed by atoms with Gasteiger partial charge in [0.05, 0.1) is 15.6 Å². The monoisotopic (exact) mass is 553 g/mol. The minimum absolute atomic E-state index is 0.261. The van der Waals surface area contributed by atoms with Gasteiger partial charge in [-0.25, -0.2) is 0 Å². The van der Waals surface area contributed by atoms with E-state index in [1.54, 1.807) is 24.3 Å². The molecule has 0 N–H and O–H groups in total. The van der Waals surface area contributed by atoms with E-state index < -0.39 is 0 Å². The van der Waals surface area contributed by atoms with Crippen LogP contribution in [0.2, 0.25) is 15.1 Å². The summed E-state index contributed by atoms with van der Waals surface area (Å²) in [6.07, 6.45) is 3.11. The Bertz CT molecular complexity index is 1460. The molecule has 8 heteroatoms. The number of aromatic nitrogens is 1. The van der Waals surface area contributed by atoms with Gasteiger partial charge < -0.3 is 14.0 Å². The molecule has 5 nitrogen and oxygen atoms in total. The Morgan fingerprint density at radius 2 is 1.70 bits per heavy atom. The summed E-state index contributed by atoms with van der Waals surface area (Å²) < 4.78 is 16.9. The quantitative estimate of drug-likeness (QED) is 0.194. The van der Waals surface area contributed by atoms with Gasteiger partial charge >= 0.3 is 0 Å². The summed E-state index contributed by atoms with van der Waals surface area (Å²) in [4.78, 5) is 10.7. The van der Waals surface area contributed by atoms with E-state index in [0.717, 1.165) is 41.7 Å². The highest BCUT2D eigenvalue weighted by atomic mass is 35.5. The van der Waals surface area contributed by atoms with Crippen molar-refractivity contribution in [1.82, 2.24) is 5.16 Å². The molecule has 4 aromatic rings. The van der Waals surface area contributed by atoms with E-state index in [1.807, 2.05) is 36.4 Å². The van der Waals surface area contributed by atoms with E-state index in [1.165, 1.54) is 0 Å². The van der Waals surface area contributed by atoms with Crippen molar-refractivity contribution in [2.75, 3.05) is 0 Å². The molecule has 37 heavy (non-hydrogen) atoms. The van der Waals surface area contributed by atoms with Crippen LogP contribution in [0.3, 0.4) is 0 Å². The third kappa shape index (κ3) is 4.96. The fourth-order valence-electron chi connectivity index (χ4n) is 4.88. The first-order valence-corrected chi connectivity index (χ1v) is 13.2. The second kappa shape index (κ2) is 10.1. The average Bonchev–Trinajstić information content (AvgIpc) is 3.82. The Morgan fingerprint density at radius 1 is 0.919 bits per heavy atom. The molecular formula is C29H22Cl3NO4. The predicted molar refractivity (Wildman–Crippen MR) is 143 cm³/mol. The molecule has 2 saturated carbocycles. The maximum Gasteiger partial charge on any atom is 0.298 e.